The molecule has 0 fully saturated rings. The molecule has 32 heavy (non-hydrogen) atoms. The number of carbonyl (C=O) groups is 1. The van der Waals surface area contributed by atoms with E-state index in [0.29, 0.717) is 40.9 Å². The lowest BCUT2D eigenvalue weighted by molar-refractivity contribution is 0.102. The van der Waals surface area contributed by atoms with Crippen molar-refractivity contribution in [2.24, 2.45) is 0 Å². The number of aliphatic hydroxyl groups is 1. The fourth-order valence-electron chi connectivity index (χ4n) is 3.25. The van der Waals surface area contributed by atoms with Crippen molar-refractivity contribution in [3.63, 3.8) is 0 Å². The van der Waals surface area contributed by atoms with Gasteiger partial charge in [-0.05, 0) is 48.0 Å². The van der Waals surface area contributed by atoms with Crippen LogP contribution in [0.4, 0.5) is 5.69 Å². The molecule has 0 bridgehead atoms. The molecular formula is C26H23NO5. The molecule has 0 spiro atoms. The highest BCUT2D eigenvalue weighted by Gasteiger charge is 2.13. The first-order chi connectivity index (χ1) is 15.7. The second kappa shape index (κ2) is 9.85. The Bertz CT molecular complexity index is 1200. The summed E-state index contributed by atoms with van der Waals surface area (Å²) in [6.07, 6.45) is 0. The van der Waals surface area contributed by atoms with E-state index in [1.807, 2.05) is 36.4 Å². The Morgan fingerprint density at radius 2 is 1.81 bits per heavy atom. The van der Waals surface area contributed by atoms with Crippen LogP contribution in [-0.2, 0) is 13.2 Å². The number of furan rings is 1. The molecule has 4 aromatic rings. The number of nitrogens with one attached hydrogen (secondary N) is 1. The molecule has 6 nitrogen and oxygen atoms in total. The summed E-state index contributed by atoms with van der Waals surface area (Å²) < 4.78 is 16.9. The summed E-state index contributed by atoms with van der Waals surface area (Å²) in [5.74, 6) is 1.94. The average molecular weight is 429 g/mol. The molecule has 162 valence electrons. The summed E-state index contributed by atoms with van der Waals surface area (Å²) >= 11 is 0. The van der Waals surface area contributed by atoms with Crippen LogP contribution in [0.5, 0.6) is 11.5 Å². The lowest BCUT2D eigenvalue weighted by atomic mass is 10.1. The molecule has 0 saturated heterocycles. The monoisotopic (exact) mass is 429 g/mol. The van der Waals surface area contributed by atoms with E-state index in [4.69, 9.17) is 13.9 Å². The van der Waals surface area contributed by atoms with Gasteiger partial charge in [0.25, 0.3) is 5.91 Å². The fourth-order valence-corrected chi connectivity index (χ4v) is 3.25. The molecule has 1 aromatic heterocycles. The van der Waals surface area contributed by atoms with Crippen LogP contribution in [0.25, 0.3) is 11.3 Å². The molecule has 4 rings (SSSR count). The minimum absolute atomic E-state index is 0.176. The van der Waals surface area contributed by atoms with Gasteiger partial charge < -0.3 is 24.3 Å². The van der Waals surface area contributed by atoms with Crippen molar-refractivity contribution in [3.8, 4) is 22.8 Å². The normalized spacial score (nSPS) is 10.6. The molecule has 0 atom stereocenters. The molecule has 1 amide bonds. The van der Waals surface area contributed by atoms with Crippen LogP contribution in [-0.4, -0.2) is 18.1 Å². The Labute approximate surface area is 186 Å². The number of anilines is 1. The maximum absolute atomic E-state index is 12.8. The smallest absolute Gasteiger partial charge is 0.255 e. The van der Waals surface area contributed by atoms with E-state index >= 15 is 0 Å². The quantitative estimate of drug-likeness (QED) is 0.398. The van der Waals surface area contributed by atoms with Crippen molar-refractivity contribution in [1.29, 1.82) is 0 Å². The van der Waals surface area contributed by atoms with E-state index in [-0.39, 0.29) is 12.5 Å². The minimum atomic E-state index is -0.259. The van der Waals surface area contributed by atoms with Gasteiger partial charge in [-0.15, -0.1) is 0 Å². The van der Waals surface area contributed by atoms with Crippen molar-refractivity contribution in [3.05, 3.63) is 102 Å². The van der Waals surface area contributed by atoms with Gasteiger partial charge in [-0.25, -0.2) is 0 Å². The second-order valence-electron chi connectivity index (χ2n) is 7.10. The number of carbonyl (C=O) groups excluding carboxylic acids is 1. The van der Waals surface area contributed by atoms with Crippen LogP contribution in [0.15, 0.2) is 89.3 Å². The molecular weight excluding hydrogens is 406 g/mol. The lowest BCUT2D eigenvalue weighted by Gasteiger charge is -2.11. The number of amides is 1. The predicted octanol–water partition coefficient (Wildman–Crippen LogP) is 5.28. The molecule has 0 radical (unpaired) electrons. The van der Waals surface area contributed by atoms with Crippen LogP contribution in [0.2, 0.25) is 0 Å². The predicted molar refractivity (Wildman–Crippen MR) is 122 cm³/mol. The van der Waals surface area contributed by atoms with Gasteiger partial charge in [-0.2, -0.15) is 0 Å². The highest BCUT2D eigenvalue weighted by atomic mass is 16.5. The topological polar surface area (TPSA) is 80.9 Å². The first kappa shape index (κ1) is 21.2. The molecule has 6 heteroatoms. The summed E-state index contributed by atoms with van der Waals surface area (Å²) in [6.45, 7) is 0.250. The highest BCUT2D eigenvalue weighted by Crippen LogP contribution is 2.34. The Hall–Kier alpha value is -4.03. The van der Waals surface area contributed by atoms with Gasteiger partial charge in [-0.1, -0.05) is 36.4 Å². The fraction of sp³-hybridized carbons (Fsp3) is 0.115. The number of ether oxygens (including phenoxy) is 2. The Kier molecular flexibility index (Phi) is 6.53. The Balaban J connectivity index is 1.46. The molecule has 0 aliphatic rings. The summed E-state index contributed by atoms with van der Waals surface area (Å²) in [6, 6.07) is 25.7. The third kappa shape index (κ3) is 4.99. The first-order valence-electron chi connectivity index (χ1n) is 10.1. The van der Waals surface area contributed by atoms with E-state index < -0.39 is 0 Å². The van der Waals surface area contributed by atoms with Gasteiger partial charge in [0, 0.05) is 17.3 Å². The van der Waals surface area contributed by atoms with Crippen molar-refractivity contribution in [2.45, 2.75) is 13.2 Å². The summed E-state index contributed by atoms with van der Waals surface area (Å²) in [4.78, 5) is 12.8. The second-order valence-corrected chi connectivity index (χ2v) is 7.10. The van der Waals surface area contributed by atoms with Crippen LogP contribution in [0.1, 0.15) is 21.7 Å². The van der Waals surface area contributed by atoms with Crippen LogP contribution < -0.4 is 14.8 Å². The summed E-state index contributed by atoms with van der Waals surface area (Å²) in [5.41, 5.74) is 2.84. The van der Waals surface area contributed by atoms with E-state index in [1.54, 1.807) is 55.6 Å². The van der Waals surface area contributed by atoms with Gasteiger partial charge in [0.15, 0.2) is 0 Å². The average Bonchev–Trinajstić information content (AvgIpc) is 3.32. The number of methoxy groups -OCH3 is 1. The molecule has 2 N–H and O–H groups in total. The van der Waals surface area contributed by atoms with Crippen molar-refractivity contribution < 1.29 is 23.8 Å². The standard InChI is InChI=1S/C26H23NO5/c1-30-25-15-20(10-12-23(25)24-13-11-22(16-28)32-24)27-26(29)19-8-5-9-21(14-19)31-17-18-6-3-2-4-7-18/h2-15,28H,16-17H2,1H3,(H,27,29). The van der Waals surface area contributed by atoms with E-state index in [1.165, 1.54) is 0 Å². The van der Waals surface area contributed by atoms with E-state index in [0.717, 1.165) is 11.1 Å². The SMILES string of the molecule is COc1cc(NC(=O)c2cccc(OCc3ccccc3)c2)ccc1-c1ccc(CO)o1. The van der Waals surface area contributed by atoms with E-state index in [2.05, 4.69) is 5.32 Å². The summed E-state index contributed by atoms with van der Waals surface area (Å²) in [7, 11) is 1.55. The number of rotatable bonds is 8. The Morgan fingerprint density at radius 1 is 0.969 bits per heavy atom. The highest BCUT2D eigenvalue weighted by molar-refractivity contribution is 6.04. The Morgan fingerprint density at radius 3 is 2.56 bits per heavy atom. The van der Waals surface area contributed by atoms with E-state index in [9.17, 15) is 9.90 Å². The lowest BCUT2D eigenvalue weighted by Crippen LogP contribution is -2.12. The molecule has 0 saturated carbocycles. The van der Waals surface area contributed by atoms with Gasteiger partial charge in [-0.3, -0.25) is 4.79 Å². The van der Waals surface area contributed by atoms with Crippen LogP contribution in [0.3, 0.4) is 0 Å². The zero-order chi connectivity index (χ0) is 22.3. The zero-order valence-electron chi connectivity index (χ0n) is 17.6. The first-order valence-corrected chi connectivity index (χ1v) is 10.1. The molecule has 1 heterocycles. The molecule has 0 unspecified atom stereocenters. The largest absolute Gasteiger partial charge is 0.496 e. The molecule has 3 aromatic carbocycles. The van der Waals surface area contributed by atoms with Crippen LogP contribution in [0, 0.1) is 0 Å². The third-order valence-electron chi connectivity index (χ3n) is 4.89. The number of benzene rings is 3. The van der Waals surface area contributed by atoms with Gasteiger partial charge >= 0.3 is 0 Å². The number of hydrogen-bond acceptors (Lipinski definition) is 5. The van der Waals surface area contributed by atoms with Gasteiger partial charge in [0.2, 0.25) is 0 Å². The number of aliphatic hydroxyl groups excluding tert-OH is 1. The number of hydrogen-bond donors (Lipinski definition) is 2. The zero-order valence-corrected chi connectivity index (χ0v) is 17.6. The maximum atomic E-state index is 12.8. The summed E-state index contributed by atoms with van der Waals surface area (Å²) in [5, 5.41) is 12.1. The molecule has 0 aliphatic heterocycles. The van der Waals surface area contributed by atoms with Crippen LogP contribution >= 0.6 is 0 Å². The molecule has 0 aliphatic carbocycles. The third-order valence-corrected chi connectivity index (χ3v) is 4.89. The van der Waals surface area contributed by atoms with Crippen molar-refractivity contribution in [2.75, 3.05) is 12.4 Å². The van der Waals surface area contributed by atoms with Gasteiger partial charge in [0.1, 0.15) is 36.2 Å². The van der Waals surface area contributed by atoms with Crippen molar-refractivity contribution >= 4 is 11.6 Å². The van der Waals surface area contributed by atoms with Gasteiger partial charge in [0.05, 0.1) is 12.7 Å². The maximum Gasteiger partial charge on any atom is 0.255 e. The van der Waals surface area contributed by atoms with Crippen molar-refractivity contribution in [1.82, 2.24) is 0 Å². The minimum Gasteiger partial charge on any atom is -0.496 e.